The van der Waals surface area contributed by atoms with E-state index in [4.69, 9.17) is 9.47 Å². The summed E-state index contributed by atoms with van der Waals surface area (Å²) in [6.07, 6.45) is 0.971. The Morgan fingerprint density at radius 3 is 2.96 bits per heavy atom. The van der Waals surface area contributed by atoms with Crippen LogP contribution >= 0.6 is 0 Å². The van der Waals surface area contributed by atoms with Crippen LogP contribution in [0.2, 0.25) is 0 Å². The molecule has 0 aliphatic carbocycles. The zero-order valence-electron chi connectivity index (χ0n) is 15.5. The third-order valence-electron chi connectivity index (χ3n) is 4.66. The van der Waals surface area contributed by atoms with Crippen molar-refractivity contribution in [1.29, 1.82) is 0 Å². The molecule has 0 fully saturated rings. The normalized spacial score (nSPS) is 19.1. The summed E-state index contributed by atoms with van der Waals surface area (Å²) in [4.78, 5) is 12.6. The molecule has 0 bridgehead atoms. The molecule has 0 radical (unpaired) electrons. The summed E-state index contributed by atoms with van der Waals surface area (Å²) in [5.41, 5.74) is 2.80. The van der Waals surface area contributed by atoms with Crippen LogP contribution in [0, 0.1) is 5.82 Å². The summed E-state index contributed by atoms with van der Waals surface area (Å²) < 4.78 is 26.7. The van der Waals surface area contributed by atoms with E-state index in [1.54, 1.807) is 22.9 Å². The SMILES string of the molecule is COc1cccc(CCNC(=O)c2nn(C)c3c2C[C@H](C)O[C@@H]3C)c1F. The van der Waals surface area contributed by atoms with Gasteiger partial charge in [0.1, 0.15) is 0 Å². The molecule has 1 aromatic carbocycles. The fourth-order valence-corrected chi connectivity index (χ4v) is 3.52. The standard InChI is InChI=1S/C19H24FN3O3/c1-11-10-14-17(22-23(3)18(14)12(2)26-11)19(24)21-9-8-13-6-5-7-15(25-4)16(13)20/h5-7,11-12H,8-10H2,1-4H3,(H,21,24)/t11-,12+/m0/s1. The van der Waals surface area contributed by atoms with Crippen LogP contribution in [0.3, 0.4) is 0 Å². The van der Waals surface area contributed by atoms with Crippen LogP contribution in [0.15, 0.2) is 18.2 Å². The summed E-state index contributed by atoms with van der Waals surface area (Å²) >= 11 is 0. The lowest BCUT2D eigenvalue weighted by Gasteiger charge is -2.26. The molecule has 2 heterocycles. The number of carbonyl (C=O) groups is 1. The molecule has 0 saturated heterocycles. The van der Waals surface area contributed by atoms with E-state index in [2.05, 4.69) is 10.4 Å². The van der Waals surface area contributed by atoms with E-state index >= 15 is 0 Å². The van der Waals surface area contributed by atoms with Crippen LogP contribution in [0.1, 0.15) is 47.3 Å². The van der Waals surface area contributed by atoms with Crippen LogP contribution in [0.4, 0.5) is 4.39 Å². The van der Waals surface area contributed by atoms with Crippen molar-refractivity contribution in [3.8, 4) is 5.75 Å². The first-order valence-corrected chi connectivity index (χ1v) is 8.73. The molecule has 0 unspecified atom stereocenters. The Balaban J connectivity index is 1.69. The van der Waals surface area contributed by atoms with Gasteiger partial charge >= 0.3 is 0 Å². The number of aryl methyl sites for hydroxylation is 1. The van der Waals surface area contributed by atoms with Crippen LogP contribution in [0.25, 0.3) is 0 Å². The van der Waals surface area contributed by atoms with Gasteiger partial charge in [0.2, 0.25) is 0 Å². The minimum atomic E-state index is -0.390. The minimum absolute atomic E-state index is 0.0409. The number of nitrogens with one attached hydrogen (secondary N) is 1. The van der Waals surface area contributed by atoms with Gasteiger partial charge in [0.25, 0.3) is 5.91 Å². The quantitative estimate of drug-likeness (QED) is 0.889. The van der Waals surface area contributed by atoms with E-state index in [0.717, 1.165) is 11.3 Å². The third-order valence-corrected chi connectivity index (χ3v) is 4.66. The predicted molar refractivity (Wildman–Crippen MR) is 94.9 cm³/mol. The molecule has 2 atom stereocenters. The lowest BCUT2D eigenvalue weighted by molar-refractivity contribution is -0.00902. The smallest absolute Gasteiger partial charge is 0.272 e. The number of halogens is 1. The number of aromatic nitrogens is 2. The summed E-state index contributed by atoms with van der Waals surface area (Å²) in [5, 5.41) is 7.22. The number of nitrogens with zero attached hydrogens (tertiary/aromatic N) is 2. The topological polar surface area (TPSA) is 65.4 Å². The van der Waals surface area contributed by atoms with Crippen molar-refractivity contribution in [3.63, 3.8) is 0 Å². The van der Waals surface area contributed by atoms with E-state index in [-0.39, 0.29) is 29.7 Å². The molecule has 1 aliphatic rings. The second-order valence-corrected chi connectivity index (χ2v) is 6.57. The van der Waals surface area contributed by atoms with Crippen LogP contribution in [-0.4, -0.2) is 35.4 Å². The Morgan fingerprint density at radius 2 is 2.23 bits per heavy atom. The first-order valence-electron chi connectivity index (χ1n) is 8.73. The molecule has 6 nitrogen and oxygen atoms in total. The zero-order chi connectivity index (χ0) is 18.8. The molecular formula is C19H24FN3O3. The highest BCUT2D eigenvalue weighted by Gasteiger charge is 2.31. The average molecular weight is 361 g/mol. The van der Waals surface area contributed by atoms with Gasteiger partial charge in [-0.2, -0.15) is 5.10 Å². The number of ether oxygens (including phenoxy) is 2. The first-order chi connectivity index (χ1) is 12.4. The molecule has 1 aromatic heterocycles. The molecule has 1 aliphatic heterocycles. The van der Waals surface area contributed by atoms with E-state index in [9.17, 15) is 9.18 Å². The Bertz CT molecular complexity index is 819. The summed E-state index contributed by atoms with van der Waals surface area (Å²) in [5.74, 6) is -0.429. The van der Waals surface area contributed by atoms with Gasteiger partial charge in [-0.1, -0.05) is 12.1 Å². The molecule has 0 saturated carbocycles. The summed E-state index contributed by atoms with van der Waals surface area (Å²) in [6, 6.07) is 4.99. The van der Waals surface area contributed by atoms with Gasteiger partial charge in [-0.15, -0.1) is 0 Å². The van der Waals surface area contributed by atoms with Crippen molar-refractivity contribution in [1.82, 2.24) is 15.1 Å². The number of hydrogen-bond donors (Lipinski definition) is 1. The zero-order valence-corrected chi connectivity index (χ0v) is 15.5. The molecule has 1 amide bonds. The number of amides is 1. The van der Waals surface area contributed by atoms with E-state index in [0.29, 0.717) is 30.6 Å². The van der Waals surface area contributed by atoms with Crippen molar-refractivity contribution >= 4 is 5.91 Å². The monoisotopic (exact) mass is 361 g/mol. The third kappa shape index (κ3) is 3.44. The van der Waals surface area contributed by atoms with Gasteiger partial charge < -0.3 is 14.8 Å². The summed E-state index contributed by atoms with van der Waals surface area (Å²) in [7, 11) is 3.25. The Morgan fingerprint density at radius 1 is 1.46 bits per heavy atom. The van der Waals surface area contributed by atoms with Crippen molar-refractivity contribution in [2.75, 3.05) is 13.7 Å². The van der Waals surface area contributed by atoms with Gasteiger partial charge in [-0.05, 0) is 31.9 Å². The molecule has 140 valence electrons. The fraction of sp³-hybridized carbons (Fsp3) is 0.474. The molecule has 0 spiro atoms. The number of rotatable bonds is 5. The molecule has 2 aromatic rings. The number of benzene rings is 1. The van der Waals surface area contributed by atoms with Crippen molar-refractivity contribution < 1.29 is 18.7 Å². The minimum Gasteiger partial charge on any atom is -0.494 e. The van der Waals surface area contributed by atoms with Gasteiger partial charge in [-0.3, -0.25) is 9.48 Å². The van der Waals surface area contributed by atoms with Gasteiger partial charge in [0, 0.05) is 25.6 Å². The highest BCUT2D eigenvalue weighted by atomic mass is 19.1. The number of hydrogen-bond acceptors (Lipinski definition) is 4. The first kappa shape index (κ1) is 18.4. The highest BCUT2D eigenvalue weighted by Crippen LogP contribution is 2.31. The predicted octanol–water partition coefficient (Wildman–Crippen LogP) is 2.56. The van der Waals surface area contributed by atoms with Crippen molar-refractivity contribution in [3.05, 3.63) is 46.5 Å². The molecule has 7 heteroatoms. The fourth-order valence-electron chi connectivity index (χ4n) is 3.52. The molecule has 3 rings (SSSR count). The Kier molecular flexibility index (Phi) is 5.27. The Hall–Kier alpha value is -2.41. The van der Waals surface area contributed by atoms with E-state index in [1.807, 2.05) is 20.9 Å². The number of carbonyl (C=O) groups excluding carboxylic acids is 1. The maximum atomic E-state index is 14.2. The lowest BCUT2D eigenvalue weighted by atomic mass is 9.99. The largest absolute Gasteiger partial charge is 0.494 e. The molecular weight excluding hydrogens is 337 g/mol. The van der Waals surface area contributed by atoms with Crippen LogP contribution in [0.5, 0.6) is 5.75 Å². The lowest BCUT2D eigenvalue weighted by Crippen LogP contribution is -2.29. The molecule has 26 heavy (non-hydrogen) atoms. The highest BCUT2D eigenvalue weighted by molar-refractivity contribution is 5.94. The van der Waals surface area contributed by atoms with E-state index < -0.39 is 0 Å². The maximum Gasteiger partial charge on any atom is 0.272 e. The van der Waals surface area contributed by atoms with Gasteiger partial charge in [-0.25, -0.2) is 4.39 Å². The summed E-state index contributed by atoms with van der Waals surface area (Å²) in [6.45, 7) is 4.26. The van der Waals surface area contributed by atoms with Crippen LogP contribution < -0.4 is 10.1 Å². The second-order valence-electron chi connectivity index (χ2n) is 6.57. The van der Waals surface area contributed by atoms with Crippen LogP contribution in [-0.2, 0) is 24.6 Å². The van der Waals surface area contributed by atoms with Gasteiger partial charge in [0.15, 0.2) is 17.3 Å². The number of methoxy groups -OCH3 is 1. The van der Waals surface area contributed by atoms with E-state index in [1.165, 1.54) is 7.11 Å². The second kappa shape index (κ2) is 7.45. The molecule has 1 N–H and O–H groups in total. The maximum absolute atomic E-state index is 14.2. The van der Waals surface area contributed by atoms with Crippen molar-refractivity contribution in [2.45, 2.75) is 38.9 Å². The number of fused-ring (bicyclic) bond motifs is 1. The Labute approximate surface area is 152 Å². The average Bonchev–Trinajstić information content (AvgIpc) is 2.93. The van der Waals surface area contributed by atoms with Gasteiger partial charge in [0.05, 0.1) is 25.0 Å². The van der Waals surface area contributed by atoms with Crippen molar-refractivity contribution in [2.24, 2.45) is 7.05 Å².